The molecule has 4 saturated carbocycles. The smallest absolute Gasteiger partial charge is 0.340 e. The zero-order valence-corrected chi connectivity index (χ0v) is 44.9. The highest BCUT2D eigenvalue weighted by Gasteiger charge is 2.77. The monoisotopic (exact) mass is 1050 g/mol. The molecule has 9 rings (SSSR count). The molecular formula is C57H81NO17. The first kappa shape index (κ1) is 56.3. The largest absolute Gasteiger partial charge is 0.458 e. The topological polar surface area (TPSA) is 229 Å². The van der Waals surface area contributed by atoms with E-state index in [1.807, 2.05) is 51.1 Å². The Morgan fingerprint density at radius 2 is 1.41 bits per heavy atom. The van der Waals surface area contributed by atoms with Crippen LogP contribution < -0.4 is 0 Å². The van der Waals surface area contributed by atoms with E-state index in [4.69, 9.17) is 52.1 Å². The molecule has 4 N–H and O–H groups in total. The van der Waals surface area contributed by atoms with Crippen LogP contribution in [0.5, 0.6) is 0 Å². The fourth-order valence-electron chi connectivity index (χ4n) is 14.8. The number of aliphatic hydroxyl groups is 4. The van der Waals surface area contributed by atoms with E-state index in [1.54, 1.807) is 52.5 Å². The Morgan fingerprint density at radius 1 is 0.733 bits per heavy atom. The van der Waals surface area contributed by atoms with Crippen molar-refractivity contribution in [2.45, 2.75) is 215 Å². The number of benzene rings is 1. The second-order valence-electron chi connectivity index (χ2n) is 22.9. The summed E-state index contributed by atoms with van der Waals surface area (Å²) in [5, 5.41) is 47.8. The van der Waals surface area contributed by atoms with Crippen molar-refractivity contribution in [3.05, 3.63) is 72.1 Å². The van der Waals surface area contributed by atoms with Gasteiger partial charge in [-0.05, 0) is 126 Å². The SMILES string of the molecule is CO[C@@H]1[C@@H](O)[C@H](O[C@@H]2[C@@H](C)O[C@@H](O[C@H]3[C@@H](OC)C[C@H](O[C@H]4CC[C@@]5(C)[C@@H](CC[C@@H]6[C@@H]5C[C@@H](OC(=O)C=Cc5ccccc5)[C@]5(C)[C@](O)([C@H](C)OC(=O)c7cccnc7)CC[C@]65O)C4)O[C@@H]3C)C[C@H]2OC)O[C@H](C)[C@H]1O. The molecule has 4 aliphatic carbocycles. The average molecular weight is 1050 g/mol. The number of pyridine rings is 1. The summed E-state index contributed by atoms with van der Waals surface area (Å²) in [5.74, 6) is -1.27. The molecule has 0 bridgehead atoms. The van der Waals surface area contributed by atoms with E-state index in [-0.39, 0.29) is 53.8 Å². The molecule has 416 valence electrons. The molecule has 18 nitrogen and oxygen atoms in total. The van der Waals surface area contributed by atoms with Crippen LogP contribution in [-0.2, 0) is 56.9 Å². The van der Waals surface area contributed by atoms with Gasteiger partial charge >= 0.3 is 11.9 Å². The Bertz CT molecular complexity index is 2280. The van der Waals surface area contributed by atoms with Crippen molar-refractivity contribution in [1.29, 1.82) is 0 Å². The van der Waals surface area contributed by atoms with Crippen LogP contribution in [-0.4, -0.2) is 168 Å². The Balaban J connectivity index is 0.855. The summed E-state index contributed by atoms with van der Waals surface area (Å²) in [6.45, 7) is 11.3. The van der Waals surface area contributed by atoms with Crippen LogP contribution in [0.4, 0.5) is 0 Å². The van der Waals surface area contributed by atoms with Gasteiger partial charge in [0.25, 0.3) is 0 Å². The lowest BCUT2D eigenvalue weighted by Gasteiger charge is -2.66. The quantitative estimate of drug-likeness (QED) is 0.0954. The molecule has 4 heterocycles. The van der Waals surface area contributed by atoms with Crippen LogP contribution >= 0.6 is 0 Å². The fraction of sp³-hybridized carbons (Fsp3) is 0.737. The molecule has 1 aromatic heterocycles. The van der Waals surface area contributed by atoms with Crippen LogP contribution in [0.3, 0.4) is 0 Å². The molecule has 2 aromatic rings. The minimum Gasteiger partial charge on any atom is -0.458 e. The number of hydrogen-bond acceptors (Lipinski definition) is 18. The van der Waals surface area contributed by atoms with Crippen molar-refractivity contribution in [2.75, 3.05) is 21.3 Å². The third kappa shape index (κ3) is 10.5. The number of nitrogens with zero attached hydrogens (tertiary/aromatic N) is 1. The van der Waals surface area contributed by atoms with Crippen molar-refractivity contribution in [3.8, 4) is 0 Å². The number of aromatic nitrogens is 1. The Morgan fingerprint density at radius 3 is 2.07 bits per heavy atom. The molecule has 7 aliphatic rings. The lowest BCUT2D eigenvalue weighted by molar-refractivity contribution is -0.352. The Kier molecular flexibility index (Phi) is 17.0. The summed E-state index contributed by atoms with van der Waals surface area (Å²) in [6.07, 6.45) is 0.354. The first-order valence-corrected chi connectivity index (χ1v) is 27.1. The maximum Gasteiger partial charge on any atom is 0.340 e. The number of fused-ring (bicyclic) bond motifs is 5. The maximum atomic E-state index is 13.9. The van der Waals surface area contributed by atoms with Gasteiger partial charge in [0, 0.05) is 52.6 Å². The van der Waals surface area contributed by atoms with Gasteiger partial charge in [0.15, 0.2) is 18.9 Å². The zero-order valence-electron chi connectivity index (χ0n) is 44.9. The maximum absolute atomic E-state index is 13.9. The van der Waals surface area contributed by atoms with Crippen LogP contribution in [0.2, 0.25) is 0 Å². The summed E-state index contributed by atoms with van der Waals surface area (Å²) in [6, 6.07) is 12.7. The van der Waals surface area contributed by atoms with Gasteiger partial charge in [-0.25, -0.2) is 9.59 Å². The van der Waals surface area contributed by atoms with E-state index in [9.17, 15) is 30.0 Å². The van der Waals surface area contributed by atoms with Crippen molar-refractivity contribution >= 4 is 18.0 Å². The number of hydrogen-bond donors (Lipinski definition) is 4. The van der Waals surface area contributed by atoms with E-state index in [1.165, 1.54) is 19.4 Å². The highest BCUT2D eigenvalue weighted by molar-refractivity contribution is 5.89. The third-order valence-corrected chi connectivity index (χ3v) is 19.2. The van der Waals surface area contributed by atoms with E-state index in [2.05, 4.69) is 11.9 Å². The molecule has 18 heteroatoms. The van der Waals surface area contributed by atoms with E-state index in [0.29, 0.717) is 25.7 Å². The number of rotatable bonds is 15. The minimum absolute atomic E-state index is 0.0549. The molecule has 7 fully saturated rings. The second kappa shape index (κ2) is 22.7. The summed E-state index contributed by atoms with van der Waals surface area (Å²) >= 11 is 0. The number of carbonyl (C=O) groups excluding carboxylic acids is 2. The Labute approximate surface area is 441 Å². The molecule has 0 unspecified atom stereocenters. The summed E-state index contributed by atoms with van der Waals surface area (Å²) in [7, 11) is 4.66. The number of esters is 2. The molecular weight excluding hydrogens is 971 g/mol. The molecule has 3 aliphatic heterocycles. The predicted octanol–water partition coefficient (Wildman–Crippen LogP) is 5.69. The van der Waals surface area contributed by atoms with Crippen LogP contribution in [0.15, 0.2) is 60.9 Å². The van der Waals surface area contributed by atoms with Crippen LogP contribution in [0, 0.1) is 28.6 Å². The van der Waals surface area contributed by atoms with Crippen molar-refractivity contribution < 1.29 is 82.1 Å². The molecule has 0 amide bonds. The Hall–Kier alpha value is -3.47. The fourth-order valence-corrected chi connectivity index (χ4v) is 14.8. The second-order valence-corrected chi connectivity index (χ2v) is 22.9. The standard InChI is InChI=1S/C57H81NO17/c1-31-47(60)51(67-9)48(61)53(70-31)75-50-33(3)69-46(29-42(50)66-8)74-49-32(2)68-45(28-41(49)65-7)72-38-21-22-54(5)37(26-38)18-19-39-40(54)27-43(73-44(59)20-17-35-14-11-10-12-15-35)55(6)56(63,23-24-57(39,55)64)34(4)71-52(62)36-16-13-25-58-30-36/h10-17,20,25,30-34,37-43,45-51,53,60-61,63-64H,18-19,21-24,26-29H2,1-9H3/t31-,32-,33-,34+,37+,38+,39-,40+,41+,42-,43-,45+,46+,47-,48-,49-,50-,51+,53+,54+,55-,56-,57+/m1/s1. The molecule has 75 heavy (non-hydrogen) atoms. The van der Waals surface area contributed by atoms with Gasteiger partial charge in [-0.1, -0.05) is 44.2 Å². The van der Waals surface area contributed by atoms with Crippen LogP contribution in [0.1, 0.15) is 122 Å². The number of methoxy groups -OCH3 is 3. The minimum atomic E-state index is -1.74. The van der Waals surface area contributed by atoms with E-state index in [0.717, 1.165) is 31.2 Å². The van der Waals surface area contributed by atoms with E-state index < -0.39 is 115 Å². The highest BCUT2D eigenvalue weighted by Crippen LogP contribution is 2.71. The first-order valence-electron chi connectivity index (χ1n) is 27.1. The van der Waals surface area contributed by atoms with Gasteiger partial charge in [0.1, 0.15) is 48.3 Å². The lowest BCUT2D eigenvalue weighted by atomic mass is 9.42. The number of carbonyl (C=O) groups is 2. The van der Waals surface area contributed by atoms with Gasteiger partial charge in [-0.15, -0.1) is 0 Å². The van der Waals surface area contributed by atoms with Crippen LogP contribution in [0.25, 0.3) is 6.08 Å². The number of ether oxygens (including phenoxy) is 11. The first-order chi connectivity index (χ1) is 35.8. The van der Waals surface area contributed by atoms with Crippen molar-refractivity contribution in [2.24, 2.45) is 28.6 Å². The van der Waals surface area contributed by atoms with Gasteiger partial charge in [-0.3, -0.25) is 4.98 Å². The normalized spacial score (nSPS) is 45.2. The number of aliphatic hydroxyl groups excluding tert-OH is 2. The van der Waals surface area contributed by atoms with E-state index >= 15 is 0 Å². The molecule has 3 saturated heterocycles. The third-order valence-electron chi connectivity index (χ3n) is 19.2. The zero-order chi connectivity index (χ0) is 53.6. The molecule has 0 spiro atoms. The van der Waals surface area contributed by atoms with Crippen molar-refractivity contribution in [1.82, 2.24) is 4.98 Å². The van der Waals surface area contributed by atoms with Gasteiger partial charge < -0.3 is 72.5 Å². The molecule has 0 radical (unpaired) electrons. The van der Waals surface area contributed by atoms with Crippen molar-refractivity contribution in [3.63, 3.8) is 0 Å². The predicted molar refractivity (Wildman–Crippen MR) is 269 cm³/mol. The van der Waals surface area contributed by atoms with Gasteiger partial charge in [0.05, 0.1) is 53.2 Å². The molecule has 23 atom stereocenters. The van der Waals surface area contributed by atoms with Gasteiger partial charge in [-0.2, -0.15) is 0 Å². The summed E-state index contributed by atoms with van der Waals surface area (Å²) in [5.41, 5.74) is -3.79. The molecule has 1 aromatic carbocycles. The highest BCUT2D eigenvalue weighted by atomic mass is 16.8. The lowest BCUT2D eigenvalue weighted by Crippen LogP contribution is -2.72. The summed E-state index contributed by atoms with van der Waals surface area (Å²) < 4.78 is 68.3. The summed E-state index contributed by atoms with van der Waals surface area (Å²) in [4.78, 5) is 31.4. The average Bonchev–Trinajstić information content (AvgIpc) is 3.66. The van der Waals surface area contributed by atoms with Gasteiger partial charge in [0.2, 0.25) is 0 Å².